The van der Waals surface area contributed by atoms with Crippen molar-refractivity contribution in [3.8, 4) is 0 Å². The normalized spacial score (nSPS) is 34.8. The fourth-order valence-electron chi connectivity index (χ4n) is 2.32. The Balaban J connectivity index is 2.10. The van der Waals surface area contributed by atoms with Crippen LogP contribution in [0.1, 0.15) is 26.7 Å². The second-order valence-corrected chi connectivity index (χ2v) is 5.85. The third-order valence-corrected chi connectivity index (χ3v) is 4.40. The van der Waals surface area contributed by atoms with Crippen molar-refractivity contribution in [1.29, 1.82) is 0 Å². The molecule has 3 unspecified atom stereocenters. The Morgan fingerprint density at radius 1 is 1.56 bits per heavy atom. The van der Waals surface area contributed by atoms with Crippen molar-refractivity contribution < 1.29 is 24.3 Å². The predicted octanol–water partition coefficient (Wildman–Crippen LogP) is 0.662. The highest BCUT2D eigenvalue weighted by Crippen LogP contribution is 2.47. The smallest absolute Gasteiger partial charge is 0.334 e. The minimum atomic E-state index is -1.54. The van der Waals surface area contributed by atoms with Gasteiger partial charge in [-0.1, -0.05) is 18.7 Å². The predicted molar refractivity (Wildman–Crippen MR) is 63.6 cm³/mol. The highest BCUT2D eigenvalue weighted by molar-refractivity contribution is 8.13. The van der Waals surface area contributed by atoms with Crippen LogP contribution >= 0.6 is 11.8 Å². The summed E-state index contributed by atoms with van der Waals surface area (Å²) in [6, 6.07) is 0. The number of nitrogens with zero attached hydrogens (tertiary/aromatic N) is 1. The molecule has 2 saturated heterocycles. The first kappa shape index (κ1) is 13.5. The van der Waals surface area contributed by atoms with Crippen molar-refractivity contribution in [3.63, 3.8) is 0 Å². The van der Waals surface area contributed by atoms with Crippen LogP contribution in [0.2, 0.25) is 0 Å². The maximum Gasteiger partial charge on any atom is 0.334 e. The van der Waals surface area contributed by atoms with Gasteiger partial charge in [0.05, 0.1) is 0 Å². The largest absolute Gasteiger partial charge is 0.479 e. The van der Waals surface area contributed by atoms with Crippen molar-refractivity contribution >= 4 is 28.6 Å². The Morgan fingerprint density at radius 2 is 2.22 bits per heavy atom. The van der Waals surface area contributed by atoms with E-state index in [4.69, 9.17) is 4.84 Å². The maximum atomic E-state index is 12.3. The molecule has 0 aromatic rings. The average molecular weight is 273 g/mol. The summed E-state index contributed by atoms with van der Waals surface area (Å²) >= 11 is 1.04. The van der Waals surface area contributed by atoms with Gasteiger partial charge in [-0.05, 0) is 12.8 Å². The molecule has 4 atom stereocenters. The van der Waals surface area contributed by atoms with Gasteiger partial charge in [0.25, 0.3) is 0 Å². The molecule has 0 amide bonds. The molecule has 0 bridgehead atoms. The SMILES string of the molecule is CC(=O)SCC(C)C(=O)[C@@]1(C(=O)O)CCC2ON21. The average Bonchev–Trinajstić information content (AvgIpc) is 2.99. The quantitative estimate of drug-likeness (QED) is 0.581. The van der Waals surface area contributed by atoms with E-state index in [0.717, 1.165) is 11.8 Å². The molecule has 0 aromatic carbocycles. The molecule has 2 aliphatic rings. The van der Waals surface area contributed by atoms with E-state index in [1.807, 2.05) is 0 Å². The van der Waals surface area contributed by atoms with Gasteiger partial charge < -0.3 is 5.11 Å². The Bertz CT molecular complexity index is 412. The first-order chi connectivity index (χ1) is 8.39. The van der Waals surface area contributed by atoms with Crippen LogP contribution in [0.15, 0.2) is 0 Å². The van der Waals surface area contributed by atoms with Crippen LogP contribution in [-0.2, 0) is 19.2 Å². The number of hydrogen-bond acceptors (Lipinski definition) is 6. The van der Waals surface area contributed by atoms with E-state index in [1.165, 1.54) is 12.0 Å². The molecule has 2 aliphatic heterocycles. The standard InChI is InChI=1S/C11H15NO5S/c1-6(5-18-7(2)13)9(14)11(10(15)16)4-3-8-12(11)17-8/h6,8H,3-5H2,1-2H3,(H,15,16)/t6?,8?,11-,12?/m1/s1. The van der Waals surface area contributed by atoms with Crippen molar-refractivity contribution in [3.05, 3.63) is 0 Å². The fourth-order valence-corrected chi connectivity index (χ4v) is 2.95. The highest BCUT2D eigenvalue weighted by atomic mass is 32.2. The number of hydrogen-bond donors (Lipinski definition) is 1. The minimum absolute atomic E-state index is 0.0775. The second kappa shape index (κ2) is 4.64. The Kier molecular flexibility index (Phi) is 3.48. The molecule has 1 N–H and O–H groups in total. The van der Waals surface area contributed by atoms with Gasteiger partial charge in [-0.25, -0.2) is 4.79 Å². The van der Waals surface area contributed by atoms with Crippen LogP contribution in [0.25, 0.3) is 0 Å². The van der Waals surface area contributed by atoms with Crippen LogP contribution in [0.4, 0.5) is 0 Å². The molecular weight excluding hydrogens is 258 g/mol. The highest BCUT2D eigenvalue weighted by Gasteiger charge is 2.67. The molecule has 6 nitrogen and oxygen atoms in total. The second-order valence-electron chi connectivity index (χ2n) is 4.66. The molecule has 2 heterocycles. The van der Waals surface area contributed by atoms with Gasteiger partial charge in [0, 0.05) is 18.6 Å². The summed E-state index contributed by atoms with van der Waals surface area (Å²) in [7, 11) is 0. The number of carbonyl (C=O) groups is 3. The first-order valence-corrected chi connectivity index (χ1v) is 6.75. The molecule has 18 heavy (non-hydrogen) atoms. The van der Waals surface area contributed by atoms with E-state index in [9.17, 15) is 19.5 Å². The molecule has 0 spiro atoms. The van der Waals surface area contributed by atoms with Crippen LogP contribution in [0.3, 0.4) is 0 Å². The zero-order valence-corrected chi connectivity index (χ0v) is 11.0. The van der Waals surface area contributed by atoms with Gasteiger partial charge in [0.2, 0.25) is 5.54 Å². The van der Waals surface area contributed by atoms with E-state index in [2.05, 4.69) is 0 Å². The monoisotopic (exact) mass is 273 g/mol. The number of Topliss-reactive ketones (excluding diaryl/α,β-unsaturated/α-hetero) is 1. The number of hydroxylamine groups is 2. The molecule has 7 heteroatoms. The molecule has 2 rings (SSSR count). The van der Waals surface area contributed by atoms with Crippen LogP contribution < -0.4 is 0 Å². The van der Waals surface area contributed by atoms with E-state index in [-0.39, 0.29) is 23.5 Å². The lowest BCUT2D eigenvalue weighted by Crippen LogP contribution is -2.53. The summed E-state index contributed by atoms with van der Waals surface area (Å²) in [5, 5.41) is 10.5. The third kappa shape index (κ3) is 2.06. The van der Waals surface area contributed by atoms with Gasteiger partial charge in [-0.15, -0.1) is 5.06 Å². The summed E-state index contributed by atoms with van der Waals surface area (Å²) < 4.78 is 0. The zero-order valence-electron chi connectivity index (χ0n) is 10.2. The molecule has 0 saturated carbocycles. The third-order valence-electron chi connectivity index (χ3n) is 3.33. The topological polar surface area (TPSA) is 87.0 Å². The molecule has 2 fully saturated rings. The van der Waals surface area contributed by atoms with Gasteiger partial charge >= 0.3 is 5.97 Å². The molecule has 0 aromatic heterocycles. The number of thioether (sulfide) groups is 1. The molecule has 0 aliphatic carbocycles. The lowest BCUT2D eigenvalue weighted by atomic mass is 9.85. The van der Waals surface area contributed by atoms with Crippen LogP contribution in [0, 0.1) is 5.92 Å². The molecule has 100 valence electrons. The molecular formula is C11H15NO5S. The Labute approximate surface area is 109 Å². The summed E-state index contributed by atoms with van der Waals surface area (Å²) in [5.74, 6) is -1.71. The lowest BCUT2D eigenvalue weighted by Gasteiger charge is -2.26. The van der Waals surface area contributed by atoms with E-state index >= 15 is 0 Å². The van der Waals surface area contributed by atoms with E-state index in [0.29, 0.717) is 12.2 Å². The van der Waals surface area contributed by atoms with Crippen LogP contribution in [-0.4, -0.2) is 44.6 Å². The number of carbonyl (C=O) groups excluding carboxylic acids is 2. The van der Waals surface area contributed by atoms with Crippen molar-refractivity contribution in [1.82, 2.24) is 5.06 Å². The number of aliphatic carboxylic acids is 1. The summed E-state index contributed by atoms with van der Waals surface area (Å²) in [6.07, 6.45) is 0.614. The van der Waals surface area contributed by atoms with E-state index in [1.54, 1.807) is 6.92 Å². The lowest BCUT2D eigenvalue weighted by molar-refractivity contribution is -0.159. The van der Waals surface area contributed by atoms with Gasteiger partial charge in [-0.2, -0.15) is 0 Å². The summed E-state index contributed by atoms with van der Waals surface area (Å²) in [4.78, 5) is 39.7. The number of carboxylic acids is 1. The minimum Gasteiger partial charge on any atom is -0.479 e. The van der Waals surface area contributed by atoms with Crippen molar-refractivity contribution in [2.45, 2.75) is 38.5 Å². The first-order valence-electron chi connectivity index (χ1n) is 5.76. The van der Waals surface area contributed by atoms with Gasteiger partial charge in [0.1, 0.15) is 0 Å². The fraction of sp³-hybridized carbons (Fsp3) is 0.727. The maximum absolute atomic E-state index is 12.3. The molecule has 0 radical (unpaired) electrons. The number of carboxylic acid groups (broad SMARTS) is 1. The number of fused-ring (bicyclic) bond motifs is 1. The summed E-state index contributed by atoms with van der Waals surface area (Å²) in [5.41, 5.74) is -1.54. The number of ketones is 1. The zero-order chi connectivity index (χ0) is 13.5. The van der Waals surface area contributed by atoms with Gasteiger partial charge in [0.15, 0.2) is 17.1 Å². The van der Waals surface area contributed by atoms with Gasteiger partial charge in [-0.3, -0.25) is 14.4 Å². The Hall–Kier alpha value is -0.920. The van der Waals surface area contributed by atoms with Crippen molar-refractivity contribution in [2.24, 2.45) is 5.92 Å². The number of rotatable bonds is 5. The summed E-state index contributed by atoms with van der Waals surface area (Å²) in [6.45, 7) is 3.08. The Morgan fingerprint density at radius 3 is 2.61 bits per heavy atom. The van der Waals surface area contributed by atoms with Crippen molar-refractivity contribution in [2.75, 3.05) is 5.75 Å². The van der Waals surface area contributed by atoms with E-state index < -0.39 is 17.4 Å². The van der Waals surface area contributed by atoms with Crippen LogP contribution in [0.5, 0.6) is 0 Å².